The molecule has 0 spiro atoms. The Balaban J connectivity index is 1.74. The van der Waals surface area contributed by atoms with Crippen LogP contribution < -0.4 is 10.1 Å². The fourth-order valence-electron chi connectivity index (χ4n) is 2.31. The third-order valence-corrected chi connectivity index (χ3v) is 3.94. The number of rotatable bonds is 7. The van der Waals surface area contributed by atoms with E-state index in [1.807, 2.05) is 63.2 Å². The maximum absolute atomic E-state index is 11.9. The van der Waals surface area contributed by atoms with Crippen molar-refractivity contribution in [2.24, 2.45) is 0 Å². The van der Waals surface area contributed by atoms with Gasteiger partial charge in [-0.25, -0.2) is 4.79 Å². The van der Waals surface area contributed by atoms with Crippen molar-refractivity contribution in [3.63, 3.8) is 0 Å². The van der Waals surface area contributed by atoms with Crippen molar-refractivity contribution in [2.45, 2.75) is 26.8 Å². The maximum atomic E-state index is 11.9. The molecule has 25 heavy (non-hydrogen) atoms. The summed E-state index contributed by atoms with van der Waals surface area (Å²) in [5, 5.41) is 2.78. The van der Waals surface area contributed by atoms with E-state index in [1.54, 1.807) is 6.07 Å². The zero-order chi connectivity index (χ0) is 18.2. The molecule has 1 N–H and O–H groups in total. The molecule has 0 aliphatic heterocycles. The highest BCUT2D eigenvalue weighted by Gasteiger charge is 2.12. The number of benzene rings is 2. The SMILES string of the molecule is Cc1cccc(OCC(=O)OCC(=O)N[C@@H](C)c2ccccc2)c1C. The summed E-state index contributed by atoms with van der Waals surface area (Å²) in [5.41, 5.74) is 3.05. The Morgan fingerprint density at radius 3 is 2.44 bits per heavy atom. The Hall–Kier alpha value is -2.82. The van der Waals surface area contributed by atoms with Crippen molar-refractivity contribution >= 4 is 11.9 Å². The largest absolute Gasteiger partial charge is 0.482 e. The molecule has 132 valence electrons. The van der Waals surface area contributed by atoms with Crippen molar-refractivity contribution in [3.05, 3.63) is 65.2 Å². The quantitative estimate of drug-likeness (QED) is 0.786. The first kappa shape index (κ1) is 18.5. The van der Waals surface area contributed by atoms with E-state index in [2.05, 4.69) is 5.32 Å². The van der Waals surface area contributed by atoms with Crippen LogP contribution in [-0.2, 0) is 14.3 Å². The minimum absolute atomic E-state index is 0.154. The molecule has 5 nitrogen and oxygen atoms in total. The lowest BCUT2D eigenvalue weighted by molar-refractivity contribution is -0.150. The molecule has 0 aromatic heterocycles. The third-order valence-electron chi connectivity index (χ3n) is 3.94. The smallest absolute Gasteiger partial charge is 0.344 e. The van der Waals surface area contributed by atoms with Crippen LogP contribution in [0, 0.1) is 13.8 Å². The van der Waals surface area contributed by atoms with Crippen LogP contribution in [0.15, 0.2) is 48.5 Å². The van der Waals surface area contributed by atoms with E-state index in [4.69, 9.17) is 9.47 Å². The van der Waals surface area contributed by atoms with Crippen molar-refractivity contribution in [2.75, 3.05) is 13.2 Å². The summed E-state index contributed by atoms with van der Waals surface area (Å²) in [6.45, 7) is 5.21. The zero-order valence-electron chi connectivity index (χ0n) is 14.7. The second-order valence-corrected chi connectivity index (χ2v) is 5.85. The monoisotopic (exact) mass is 341 g/mol. The van der Waals surface area contributed by atoms with Gasteiger partial charge in [0, 0.05) is 0 Å². The van der Waals surface area contributed by atoms with Gasteiger partial charge >= 0.3 is 5.97 Å². The molecule has 0 aliphatic carbocycles. The molecule has 0 saturated carbocycles. The lowest BCUT2D eigenvalue weighted by Crippen LogP contribution is -2.31. The van der Waals surface area contributed by atoms with Gasteiger partial charge in [0.25, 0.3) is 5.91 Å². The van der Waals surface area contributed by atoms with E-state index in [9.17, 15) is 9.59 Å². The Labute approximate surface area is 148 Å². The van der Waals surface area contributed by atoms with Gasteiger partial charge in [-0.15, -0.1) is 0 Å². The average molecular weight is 341 g/mol. The summed E-state index contributed by atoms with van der Waals surface area (Å²) in [6.07, 6.45) is 0. The van der Waals surface area contributed by atoms with Gasteiger partial charge < -0.3 is 14.8 Å². The molecule has 0 aliphatic rings. The second kappa shape index (κ2) is 8.87. The van der Waals surface area contributed by atoms with Crippen molar-refractivity contribution in [1.82, 2.24) is 5.32 Å². The van der Waals surface area contributed by atoms with E-state index < -0.39 is 5.97 Å². The van der Waals surface area contributed by atoms with Gasteiger partial charge in [0.1, 0.15) is 5.75 Å². The van der Waals surface area contributed by atoms with Crippen molar-refractivity contribution < 1.29 is 19.1 Å². The van der Waals surface area contributed by atoms with Crippen LogP contribution in [0.3, 0.4) is 0 Å². The van der Waals surface area contributed by atoms with Gasteiger partial charge in [0.2, 0.25) is 0 Å². The molecule has 0 radical (unpaired) electrons. The van der Waals surface area contributed by atoms with Crippen molar-refractivity contribution in [1.29, 1.82) is 0 Å². The van der Waals surface area contributed by atoms with Crippen molar-refractivity contribution in [3.8, 4) is 5.75 Å². The molecule has 2 aromatic rings. The molecule has 5 heteroatoms. The molecule has 1 amide bonds. The van der Waals surface area contributed by atoms with E-state index >= 15 is 0 Å². The summed E-state index contributed by atoms with van der Waals surface area (Å²) in [5.74, 6) is -0.293. The van der Waals surface area contributed by atoms with Gasteiger partial charge in [-0.2, -0.15) is 0 Å². The Kier molecular flexibility index (Phi) is 6.57. The average Bonchev–Trinajstić information content (AvgIpc) is 2.62. The summed E-state index contributed by atoms with van der Waals surface area (Å²) in [7, 11) is 0. The first-order chi connectivity index (χ1) is 12.0. The first-order valence-electron chi connectivity index (χ1n) is 8.16. The third kappa shape index (κ3) is 5.64. The summed E-state index contributed by atoms with van der Waals surface area (Å²) >= 11 is 0. The molecule has 0 bridgehead atoms. The molecule has 0 unspecified atom stereocenters. The minimum Gasteiger partial charge on any atom is -0.482 e. The molecule has 1 atom stereocenters. The number of esters is 1. The highest BCUT2D eigenvalue weighted by atomic mass is 16.6. The van der Waals surface area contributed by atoms with Crippen LogP contribution in [0.25, 0.3) is 0 Å². The summed E-state index contributed by atoms with van der Waals surface area (Å²) < 4.78 is 10.4. The second-order valence-electron chi connectivity index (χ2n) is 5.85. The molecule has 0 heterocycles. The molecule has 2 aromatic carbocycles. The van der Waals surface area contributed by atoms with E-state index in [-0.39, 0.29) is 25.2 Å². The molecule has 2 rings (SSSR count). The predicted octanol–water partition coefficient (Wildman–Crippen LogP) is 3.10. The highest BCUT2D eigenvalue weighted by Crippen LogP contribution is 2.20. The first-order valence-corrected chi connectivity index (χ1v) is 8.16. The summed E-state index contributed by atoms with van der Waals surface area (Å²) in [6, 6.07) is 15.0. The fourth-order valence-corrected chi connectivity index (χ4v) is 2.31. The van der Waals surface area contributed by atoms with Crippen LogP contribution in [0.2, 0.25) is 0 Å². The lowest BCUT2D eigenvalue weighted by atomic mass is 10.1. The standard InChI is InChI=1S/C20H23NO4/c1-14-8-7-11-18(15(14)2)24-13-20(23)25-12-19(22)21-16(3)17-9-5-4-6-10-17/h4-11,16H,12-13H2,1-3H3,(H,21,22)/t16-/m0/s1. The Bertz CT molecular complexity index is 728. The number of amides is 1. The molecular formula is C20H23NO4. The summed E-state index contributed by atoms with van der Waals surface area (Å²) in [4.78, 5) is 23.6. The van der Waals surface area contributed by atoms with Crippen LogP contribution >= 0.6 is 0 Å². The van der Waals surface area contributed by atoms with E-state index in [0.717, 1.165) is 16.7 Å². The number of hydrogen-bond acceptors (Lipinski definition) is 4. The van der Waals surface area contributed by atoms with Gasteiger partial charge in [-0.05, 0) is 43.5 Å². The predicted molar refractivity (Wildman–Crippen MR) is 95.4 cm³/mol. The molecule has 0 fully saturated rings. The lowest BCUT2D eigenvalue weighted by Gasteiger charge is -2.14. The molecular weight excluding hydrogens is 318 g/mol. The van der Waals surface area contributed by atoms with Gasteiger partial charge in [-0.1, -0.05) is 42.5 Å². The van der Waals surface area contributed by atoms with Gasteiger partial charge in [0.15, 0.2) is 13.2 Å². The number of aryl methyl sites for hydroxylation is 1. The van der Waals surface area contributed by atoms with E-state index in [0.29, 0.717) is 5.75 Å². The number of ether oxygens (including phenoxy) is 2. The maximum Gasteiger partial charge on any atom is 0.344 e. The fraction of sp³-hybridized carbons (Fsp3) is 0.300. The van der Waals surface area contributed by atoms with Gasteiger partial charge in [0.05, 0.1) is 6.04 Å². The number of carbonyl (C=O) groups excluding carboxylic acids is 2. The highest BCUT2D eigenvalue weighted by molar-refractivity contribution is 5.81. The number of carbonyl (C=O) groups is 2. The number of nitrogens with one attached hydrogen (secondary N) is 1. The van der Waals surface area contributed by atoms with Gasteiger partial charge in [-0.3, -0.25) is 4.79 Å². The topological polar surface area (TPSA) is 64.6 Å². The van der Waals surface area contributed by atoms with Crippen LogP contribution in [0.1, 0.15) is 29.7 Å². The Morgan fingerprint density at radius 2 is 1.72 bits per heavy atom. The van der Waals surface area contributed by atoms with E-state index in [1.165, 1.54) is 0 Å². The van der Waals surface area contributed by atoms with Crippen LogP contribution in [-0.4, -0.2) is 25.1 Å². The number of hydrogen-bond donors (Lipinski definition) is 1. The van der Waals surface area contributed by atoms with Crippen LogP contribution in [0.4, 0.5) is 0 Å². The zero-order valence-corrected chi connectivity index (χ0v) is 14.7. The molecule has 0 saturated heterocycles. The van der Waals surface area contributed by atoms with Crippen LogP contribution in [0.5, 0.6) is 5.75 Å². The minimum atomic E-state index is -0.580. The normalized spacial score (nSPS) is 11.5. The Morgan fingerprint density at radius 1 is 1.00 bits per heavy atom.